The third-order valence-electron chi connectivity index (χ3n) is 16.2. The van der Waals surface area contributed by atoms with Crippen LogP contribution in [0, 0.1) is 0 Å². The maximum atomic E-state index is 12.9. The molecule has 0 aromatic heterocycles. The molecule has 0 heterocycles. The van der Waals surface area contributed by atoms with E-state index >= 15 is 0 Å². The van der Waals surface area contributed by atoms with E-state index in [2.05, 4.69) is 93.7 Å². The van der Waals surface area contributed by atoms with Crippen LogP contribution in [0.4, 0.5) is 0 Å². The van der Waals surface area contributed by atoms with Crippen molar-refractivity contribution in [3.8, 4) is 0 Å². The molecule has 0 amide bonds. The summed E-state index contributed by atoms with van der Waals surface area (Å²) in [6.45, 7) is 6.56. The van der Waals surface area contributed by atoms with Crippen LogP contribution in [0.1, 0.15) is 380 Å². The van der Waals surface area contributed by atoms with Gasteiger partial charge in [-0.1, -0.05) is 363 Å². The predicted molar refractivity (Wildman–Crippen MR) is 362 cm³/mol. The first-order valence-corrected chi connectivity index (χ1v) is 36.4. The average molecular weight is 1160 g/mol. The minimum Gasteiger partial charge on any atom is -0.462 e. The van der Waals surface area contributed by atoms with E-state index in [0.717, 1.165) is 96.3 Å². The molecule has 0 bridgehead atoms. The van der Waals surface area contributed by atoms with Crippen molar-refractivity contribution in [3.05, 3.63) is 72.9 Å². The lowest BCUT2D eigenvalue weighted by molar-refractivity contribution is -0.167. The van der Waals surface area contributed by atoms with Gasteiger partial charge in [-0.2, -0.15) is 0 Å². The zero-order valence-corrected chi connectivity index (χ0v) is 55.5. The van der Waals surface area contributed by atoms with Gasteiger partial charge in [0.05, 0.1) is 0 Å². The molecule has 0 N–H and O–H groups in total. The summed E-state index contributed by atoms with van der Waals surface area (Å²) in [5.41, 5.74) is 0. The fourth-order valence-electron chi connectivity index (χ4n) is 10.8. The Bertz CT molecular complexity index is 1520. The van der Waals surface area contributed by atoms with E-state index in [1.165, 1.54) is 244 Å². The lowest BCUT2D eigenvalue weighted by Gasteiger charge is -2.18. The van der Waals surface area contributed by atoms with Crippen LogP contribution in [-0.4, -0.2) is 37.2 Å². The molecule has 0 saturated carbocycles. The van der Waals surface area contributed by atoms with Gasteiger partial charge in [-0.25, -0.2) is 0 Å². The molecule has 83 heavy (non-hydrogen) atoms. The molecule has 6 nitrogen and oxygen atoms in total. The Morgan fingerprint density at radius 3 is 0.735 bits per heavy atom. The second-order valence-corrected chi connectivity index (χ2v) is 24.5. The van der Waals surface area contributed by atoms with Gasteiger partial charge in [0.25, 0.3) is 0 Å². The molecule has 0 fully saturated rings. The lowest BCUT2D eigenvalue weighted by Crippen LogP contribution is -2.30. The van der Waals surface area contributed by atoms with Crippen molar-refractivity contribution in [2.75, 3.05) is 13.2 Å². The molecule has 0 saturated heterocycles. The number of hydrogen-bond acceptors (Lipinski definition) is 6. The Labute approximate surface area is 516 Å². The Morgan fingerprint density at radius 1 is 0.253 bits per heavy atom. The maximum Gasteiger partial charge on any atom is 0.306 e. The van der Waals surface area contributed by atoms with Crippen molar-refractivity contribution < 1.29 is 28.6 Å². The van der Waals surface area contributed by atoms with Gasteiger partial charge in [0, 0.05) is 19.3 Å². The molecule has 0 spiro atoms. The topological polar surface area (TPSA) is 78.9 Å². The van der Waals surface area contributed by atoms with Crippen LogP contribution in [0.25, 0.3) is 0 Å². The average Bonchev–Trinajstić information content (AvgIpc) is 3.49. The van der Waals surface area contributed by atoms with Crippen LogP contribution in [0.5, 0.6) is 0 Å². The first-order chi connectivity index (χ1) is 41.0. The van der Waals surface area contributed by atoms with E-state index in [9.17, 15) is 14.4 Å². The van der Waals surface area contributed by atoms with E-state index in [1.54, 1.807) is 0 Å². The zero-order valence-electron chi connectivity index (χ0n) is 55.5. The van der Waals surface area contributed by atoms with Crippen LogP contribution < -0.4 is 0 Å². The highest BCUT2D eigenvalue weighted by molar-refractivity contribution is 5.71. The maximum absolute atomic E-state index is 12.9. The van der Waals surface area contributed by atoms with Crippen LogP contribution >= 0.6 is 0 Å². The second-order valence-electron chi connectivity index (χ2n) is 24.5. The summed E-state index contributed by atoms with van der Waals surface area (Å²) in [7, 11) is 0. The molecular formula is C77H138O6. The number of hydrogen-bond donors (Lipinski definition) is 0. The van der Waals surface area contributed by atoms with Gasteiger partial charge in [-0.05, 0) is 70.6 Å². The van der Waals surface area contributed by atoms with E-state index in [-0.39, 0.29) is 31.1 Å². The van der Waals surface area contributed by atoms with Crippen LogP contribution in [0.2, 0.25) is 0 Å². The molecular weight excluding hydrogens is 1020 g/mol. The third-order valence-corrected chi connectivity index (χ3v) is 16.2. The van der Waals surface area contributed by atoms with Crippen LogP contribution in [0.3, 0.4) is 0 Å². The van der Waals surface area contributed by atoms with Crippen molar-refractivity contribution in [2.45, 2.75) is 386 Å². The highest BCUT2D eigenvalue weighted by Gasteiger charge is 2.19. The van der Waals surface area contributed by atoms with Crippen molar-refractivity contribution >= 4 is 17.9 Å². The fraction of sp³-hybridized carbons (Fsp3) is 0.805. The SMILES string of the molecule is CC/C=C\C/C=C\C/C=C\C/C=C\C/C=C\C/C=C\CCCCCCCCCCCCCCCCC(=O)OCC(COC(=O)CCCCCCCCCC)OC(=O)CCCCCCCCCCCCCCCCCCCCCCCCCC. The normalized spacial score (nSPS) is 12.5. The summed E-state index contributed by atoms with van der Waals surface area (Å²) in [6, 6.07) is 0. The summed E-state index contributed by atoms with van der Waals surface area (Å²) < 4.78 is 16.9. The van der Waals surface area contributed by atoms with Crippen molar-refractivity contribution in [1.82, 2.24) is 0 Å². The van der Waals surface area contributed by atoms with Gasteiger partial charge in [0.1, 0.15) is 13.2 Å². The fourth-order valence-corrected chi connectivity index (χ4v) is 10.8. The van der Waals surface area contributed by atoms with Crippen molar-refractivity contribution in [1.29, 1.82) is 0 Å². The summed E-state index contributed by atoms with van der Waals surface area (Å²) in [5, 5.41) is 0. The Balaban J connectivity index is 4.06. The first-order valence-electron chi connectivity index (χ1n) is 36.4. The molecule has 0 aromatic carbocycles. The Kier molecular flexibility index (Phi) is 68.6. The van der Waals surface area contributed by atoms with E-state index in [1.807, 2.05) is 0 Å². The quantitative estimate of drug-likeness (QED) is 0.0261. The number of carbonyl (C=O) groups is 3. The number of unbranched alkanes of at least 4 members (excludes halogenated alkanes) is 44. The third kappa shape index (κ3) is 69.5. The van der Waals surface area contributed by atoms with Gasteiger partial charge in [-0.3, -0.25) is 14.4 Å². The highest BCUT2D eigenvalue weighted by atomic mass is 16.6. The second kappa shape index (κ2) is 71.3. The summed E-state index contributed by atoms with van der Waals surface area (Å²) >= 11 is 0. The predicted octanol–water partition coefficient (Wildman–Crippen LogP) is 25.2. The van der Waals surface area contributed by atoms with E-state index < -0.39 is 6.10 Å². The molecule has 0 aromatic rings. The van der Waals surface area contributed by atoms with E-state index in [0.29, 0.717) is 19.3 Å². The van der Waals surface area contributed by atoms with Gasteiger partial charge in [0.2, 0.25) is 0 Å². The van der Waals surface area contributed by atoms with Gasteiger partial charge in [-0.15, -0.1) is 0 Å². The van der Waals surface area contributed by atoms with Gasteiger partial charge in [0.15, 0.2) is 6.10 Å². The van der Waals surface area contributed by atoms with Gasteiger partial charge < -0.3 is 14.2 Å². The van der Waals surface area contributed by atoms with Crippen molar-refractivity contribution in [3.63, 3.8) is 0 Å². The number of ether oxygens (including phenoxy) is 3. The van der Waals surface area contributed by atoms with Crippen LogP contribution in [-0.2, 0) is 28.6 Å². The highest BCUT2D eigenvalue weighted by Crippen LogP contribution is 2.19. The smallest absolute Gasteiger partial charge is 0.306 e. The number of carbonyl (C=O) groups excluding carboxylic acids is 3. The molecule has 0 rings (SSSR count). The molecule has 0 radical (unpaired) electrons. The van der Waals surface area contributed by atoms with E-state index in [4.69, 9.17) is 14.2 Å². The Morgan fingerprint density at radius 2 is 0.470 bits per heavy atom. The minimum absolute atomic E-state index is 0.0688. The monoisotopic (exact) mass is 1160 g/mol. The molecule has 0 aliphatic heterocycles. The first kappa shape index (κ1) is 79.8. The molecule has 0 aliphatic carbocycles. The molecule has 1 atom stereocenters. The Hall–Kier alpha value is -3.15. The van der Waals surface area contributed by atoms with Gasteiger partial charge >= 0.3 is 17.9 Å². The summed E-state index contributed by atoms with van der Waals surface area (Å²) in [6.07, 6.45) is 93.9. The summed E-state index contributed by atoms with van der Waals surface area (Å²) in [5.74, 6) is -0.850. The zero-order chi connectivity index (χ0) is 59.9. The van der Waals surface area contributed by atoms with Crippen molar-refractivity contribution in [2.24, 2.45) is 0 Å². The summed E-state index contributed by atoms with van der Waals surface area (Å²) in [4.78, 5) is 38.3. The lowest BCUT2D eigenvalue weighted by atomic mass is 10.0. The van der Waals surface area contributed by atoms with Crippen LogP contribution in [0.15, 0.2) is 72.9 Å². The molecule has 0 aliphatic rings. The molecule has 482 valence electrons. The molecule has 1 unspecified atom stereocenters. The number of esters is 3. The largest absolute Gasteiger partial charge is 0.462 e. The number of allylic oxidation sites excluding steroid dienone is 12. The molecule has 6 heteroatoms. The number of rotatable bonds is 67. The minimum atomic E-state index is -0.770. The standard InChI is InChI=1S/C77H138O6/c1-4-7-10-13-16-19-21-23-25-27-29-31-33-35-36-37-38-39-40-41-42-43-45-46-48-50-52-54-56-58-61-64-67-70-76(79)82-73-74(72-81-75(78)69-66-63-60-18-15-12-9-6-3)83-77(80)71-68-65-62-59-57-55-53-51-49-47-44-34-32-30-28-26-24-22-20-17-14-11-8-5-2/h7,10,16,19,23,25,29,31,35-36,38-39,74H,4-6,8-9,11-15,17-18,20-22,24,26-28,30,32-34,37,40-73H2,1-3H3/b10-7-,19-16-,25-23-,31-29-,36-35-,39-38-.